The van der Waals surface area contributed by atoms with Crippen molar-refractivity contribution in [1.29, 1.82) is 5.26 Å². The Morgan fingerprint density at radius 3 is 2.52 bits per heavy atom. The molecule has 0 unspecified atom stereocenters. The lowest BCUT2D eigenvalue weighted by atomic mass is 10.1. The molecule has 5 nitrogen and oxygen atoms in total. The molecule has 4 rings (SSSR count). The van der Waals surface area contributed by atoms with E-state index in [1.807, 2.05) is 36.2 Å². The largest absolute Gasteiger partial charge is 0.360 e. The highest BCUT2D eigenvalue weighted by Gasteiger charge is 2.30. The quantitative estimate of drug-likeness (QED) is 0.619. The Kier molecular flexibility index (Phi) is 5.56. The maximum Gasteiger partial charge on any atom is 0.230 e. The Hall–Kier alpha value is -2.82. The number of thioether (sulfide) groups is 1. The molecular formula is C22H22FN4OS+. The van der Waals surface area contributed by atoms with Crippen molar-refractivity contribution in [2.75, 3.05) is 49.6 Å². The summed E-state index contributed by atoms with van der Waals surface area (Å²) in [4.78, 5) is 19.3. The molecule has 1 N–H and O–H groups in total. The van der Waals surface area contributed by atoms with Crippen molar-refractivity contribution in [3.05, 3.63) is 65.0 Å². The molecular weight excluding hydrogens is 387 g/mol. The van der Waals surface area contributed by atoms with E-state index >= 15 is 0 Å². The lowest BCUT2D eigenvalue weighted by Crippen LogP contribution is -3.15. The lowest BCUT2D eigenvalue weighted by Gasteiger charge is -2.33. The number of fused-ring (bicyclic) bond motifs is 1. The third-order valence-corrected chi connectivity index (χ3v) is 6.65. The van der Waals surface area contributed by atoms with Gasteiger partial charge in [0, 0.05) is 17.6 Å². The van der Waals surface area contributed by atoms with Crippen LogP contribution in [-0.2, 0) is 4.79 Å². The van der Waals surface area contributed by atoms with Gasteiger partial charge >= 0.3 is 0 Å². The summed E-state index contributed by atoms with van der Waals surface area (Å²) in [6.07, 6.45) is 0. The number of benzene rings is 2. The Morgan fingerprint density at radius 1 is 1.17 bits per heavy atom. The third kappa shape index (κ3) is 4.00. The second-order valence-corrected chi connectivity index (χ2v) is 8.26. The SMILES string of the molecule is CN1/C(=C(\C#N)C(=O)C[NH+]2CCN(c3ccc(F)cc3)CC2)Sc2ccccc21. The number of piperazine rings is 1. The highest BCUT2D eigenvalue weighted by molar-refractivity contribution is 8.03. The molecule has 2 aromatic rings. The monoisotopic (exact) mass is 409 g/mol. The maximum absolute atomic E-state index is 13.1. The van der Waals surface area contributed by atoms with E-state index in [4.69, 9.17) is 0 Å². The van der Waals surface area contributed by atoms with Crippen LogP contribution in [0.5, 0.6) is 0 Å². The number of ketones is 1. The molecule has 1 saturated heterocycles. The number of halogens is 1. The number of hydrogen-bond acceptors (Lipinski definition) is 5. The van der Waals surface area contributed by atoms with Crippen molar-refractivity contribution in [2.24, 2.45) is 0 Å². The average molecular weight is 410 g/mol. The molecule has 2 aromatic carbocycles. The van der Waals surface area contributed by atoms with Crippen molar-refractivity contribution < 1.29 is 14.1 Å². The number of nitrogens with zero attached hydrogens (tertiary/aromatic N) is 3. The lowest BCUT2D eigenvalue weighted by molar-refractivity contribution is -0.892. The molecule has 1 fully saturated rings. The molecule has 2 aliphatic heterocycles. The Labute approximate surface area is 174 Å². The molecule has 7 heteroatoms. The molecule has 29 heavy (non-hydrogen) atoms. The van der Waals surface area contributed by atoms with E-state index < -0.39 is 0 Å². The smallest absolute Gasteiger partial charge is 0.230 e. The first kappa shape index (κ1) is 19.5. The van der Waals surface area contributed by atoms with Crippen molar-refractivity contribution in [3.63, 3.8) is 0 Å². The molecule has 0 saturated carbocycles. The van der Waals surface area contributed by atoms with Gasteiger partial charge in [0.2, 0.25) is 5.78 Å². The van der Waals surface area contributed by atoms with Crippen molar-refractivity contribution in [1.82, 2.24) is 0 Å². The van der Waals surface area contributed by atoms with Crippen molar-refractivity contribution in [3.8, 4) is 6.07 Å². The molecule has 0 aromatic heterocycles. The first-order valence-corrected chi connectivity index (χ1v) is 10.4. The summed E-state index contributed by atoms with van der Waals surface area (Å²) in [7, 11) is 1.90. The van der Waals surface area contributed by atoms with Gasteiger partial charge in [-0.1, -0.05) is 23.9 Å². The number of quaternary nitrogens is 1. The minimum Gasteiger partial charge on any atom is -0.360 e. The van der Waals surface area contributed by atoms with Gasteiger partial charge in [0.1, 0.15) is 29.0 Å². The van der Waals surface area contributed by atoms with Crippen LogP contribution in [-0.4, -0.2) is 45.6 Å². The van der Waals surface area contributed by atoms with E-state index in [0.717, 1.165) is 42.4 Å². The van der Waals surface area contributed by atoms with Gasteiger partial charge in [-0.25, -0.2) is 4.39 Å². The fourth-order valence-electron chi connectivity index (χ4n) is 3.78. The minimum atomic E-state index is -0.238. The van der Waals surface area contributed by atoms with Gasteiger partial charge in [-0.2, -0.15) is 5.26 Å². The number of carbonyl (C=O) groups is 1. The predicted octanol–water partition coefficient (Wildman–Crippen LogP) is 2.08. The summed E-state index contributed by atoms with van der Waals surface area (Å²) >= 11 is 1.48. The van der Waals surface area contributed by atoms with Crippen molar-refractivity contribution >= 4 is 28.9 Å². The molecule has 0 spiro atoms. The van der Waals surface area contributed by atoms with Crippen LogP contribution in [0, 0.1) is 17.1 Å². The topological polar surface area (TPSA) is 51.8 Å². The van der Waals surface area contributed by atoms with E-state index in [1.54, 1.807) is 12.1 Å². The van der Waals surface area contributed by atoms with Crippen LogP contribution >= 0.6 is 11.8 Å². The second kappa shape index (κ2) is 8.27. The summed E-state index contributed by atoms with van der Waals surface area (Å²) < 4.78 is 13.1. The highest BCUT2D eigenvalue weighted by Crippen LogP contribution is 2.45. The van der Waals surface area contributed by atoms with Gasteiger partial charge in [-0.05, 0) is 36.4 Å². The summed E-state index contributed by atoms with van der Waals surface area (Å²) in [5.74, 6) is -0.350. The highest BCUT2D eigenvalue weighted by atomic mass is 32.2. The van der Waals surface area contributed by atoms with Crippen LogP contribution in [0.15, 0.2) is 64.0 Å². The standard InChI is InChI=1S/C22H21FN4OS/c1-25-19-4-2-3-5-21(19)29-22(25)18(14-24)20(28)15-26-10-12-27(13-11-26)17-8-6-16(23)7-9-17/h2-9H,10-13,15H2,1H3/p+1/b22-18-. The average Bonchev–Trinajstić information content (AvgIpc) is 3.06. The Morgan fingerprint density at radius 2 is 1.86 bits per heavy atom. The molecule has 0 atom stereocenters. The van der Waals surface area contributed by atoms with Crippen LogP contribution < -0.4 is 14.7 Å². The van der Waals surface area contributed by atoms with Crippen LogP contribution in [0.1, 0.15) is 0 Å². The van der Waals surface area contributed by atoms with Crippen molar-refractivity contribution in [2.45, 2.75) is 4.90 Å². The third-order valence-electron chi connectivity index (χ3n) is 5.42. The van der Waals surface area contributed by atoms with Gasteiger partial charge in [0.25, 0.3) is 0 Å². The van der Waals surface area contributed by atoms with Crippen LogP contribution in [0.2, 0.25) is 0 Å². The van der Waals surface area contributed by atoms with E-state index in [0.29, 0.717) is 11.6 Å². The Balaban J connectivity index is 1.41. The zero-order valence-electron chi connectivity index (χ0n) is 16.2. The van der Waals surface area contributed by atoms with Crippen LogP contribution in [0.4, 0.5) is 15.8 Å². The number of para-hydroxylation sites is 1. The van der Waals surface area contributed by atoms with Gasteiger partial charge in [0.05, 0.1) is 31.9 Å². The number of carbonyl (C=O) groups excluding carboxylic acids is 1. The van der Waals surface area contributed by atoms with Gasteiger partial charge < -0.3 is 14.7 Å². The number of hydrogen-bond donors (Lipinski definition) is 1. The summed E-state index contributed by atoms with van der Waals surface area (Å²) in [5, 5.41) is 10.4. The number of nitriles is 1. The molecule has 2 heterocycles. The van der Waals surface area contributed by atoms with Gasteiger partial charge in [0.15, 0.2) is 0 Å². The molecule has 0 aliphatic carbocycles. The van der Waals surface area contributed by atoms with Crippen LogP contribution in [0.3, 0.4) is 0 Å². The first-order valence-electron chi connectivity index (χ1n) is 9.59. The van der Waals surface area contributed by atoms with Crippen LogP contribution in [0.25, 0.3) is 0 Å². The number of rotatable bonds is 4. The fourth-order valence-corrected chi connectivity index (χ4v) is 4.94. The summed E-state index contributed by atoms with van der Waals surface area (Å²) in [5.41, 5.74) is 2.26. The number of Topliss-reactive ketones (excluding diaryl/α,β-unsaturated/α-hetero) is 1. The summed E-state index contributed by atoms with van der Waals surface area (Å²) in [6, 6.07) is 16.6. The predicted molar refractivity (Wildman–Crippen MR) is 113 cm³/mol. The fraction of sp³-hybridized carbons (Fsp3) is 0.273. The van der Waals surface area contributed by atoms with E-state index in [1.165, 1.54) is 28.8 Å². The summed E-state index contributed by atoms with van der Waals surface area (Å²) in [6.45, 7) is 3.52. The number of nitrogens with one attached hydrogen (secondary N) is 1. The van der Waals surface area contributed by atoms with Gasteiger partial charge in [-0.15, -0.1) is 0 Å². The normalized spacial score (nSPS) is 18.4. The van der Waals surface area contributed by atoms with E-state index in [2.05, 4.69) is 11.0 Å². The first-order chi connectivity index (χ1) is 14.1. The maximum atomic E-state index is 13.1. The van der Waals surface area contributed by atoms with E-state index in [-0.39, 0.29) is 17.2 Å². The molecule has 148 valence electrons. The minimum absolute atomic E-state index is 0.111. The molecule has 0 radical (unpaired) electrons. The molecule has 0 amide bonds. The number of anilines is 2. The van der Waals surface area contributed by atoms with E-state index in [9.17, 15) is 14.4 Å². The molecule has 2 aliphatic rings. The zero-order chi connectivity index (χ0) is 20.4. The Bertz CT molecular complexity index is 991. The van der Waals surface area contributed by atoms with Gasteiger partial charge in [-0.3, -0.25) is 4.79 Å². The second-order valence-electron chi connectivity index (χ2n) is 7.23. The molecule has 0 bridgehead atoms. The zero-order valence-corrected chi connectivity index (χ0v) is 17.0.